The van der Waals surface area contributed by atoms with E-state index in [2.05, 4.69) is 39.8 Å². The number of hydrogen-bond donors (Lipinski definition) is 0. The fraction of sp³-hybridized carbons (Fsp3) is 0.815. The predicted molar refractivity (Wildman–Crippen MR) is 243 cm³/mol. The molecule has 0 amide bonds. The van der Waals surface area contributed by atoms with Crippen LogP contribution in [0.4, 0.5) is 0 Å². The minimum absolute atomic E-state index is 0.787. The van der Waals surface area contributed by atoms with Crippen molar-refractivity contribution in [3.63, 3.8) is 0 Å². The third kappa shape index (κ3) is 14.1. The summed E-state index contributed by atoms with van der Waals surface area (Å²) in [5.74, 6) is 9.38. The van der Waals surface area contributed by atoms with Crippen LogP contribution in [0, 0.1) is 47.3 Å². The van der Waals surface area contributed by atoms with Crippen molar-refractivity contribution < 1.29 is 4.74 Å². The largest absolute Gasteiger partial charge is 0.454 e. The maximum absolute atomic E-state index is 6.77. The van der Waals surface area contributed by atoms with Gasteiger partial charge in [-0.1, -0.05) is 118 Å². The van der Waals surface area contributed by atoms with E-state index < -0.39 is 0 Å². The lowest BCUT2D eigenvalue weighted by Gasteiger charge is -2.38. The number of pyridine rings is 2. The number of hydrogen-bond acceptors (Lipinski definition) is 3. The molecule has 0 spiro atoms. The molecule has 0 N–H and O–H groups in total. The Morgan fingerprint density at radius 2 is 0.754 bits per heavy atom. The van der Waals surface area contributed by atoms with Crippen LogP contribution in [0.25, 0.3) is 0 Å². The van der Waals surface area contributed by atoms with Crippen LogP contribution in [-0.2, 0) is 25.7 Å². The van der Waals surface area contributed by atoms with Crippen LogP contribution >= 0.6 is 0 Å². The molecule has 320 valence electrons. The van der Waals surface area contributed by atoms with Crippen molar-refractivity contribution >= 4 is 0 Å². The topological polar surface area (TPSA) is 35.0 Å². The van der Waals surface area contributed by atoms with E-state index >= 15 is 0 Å². The van der Waals surface area contributed by atoms with E-state index in [-0.39, 0.29) is 0 Å². The molecule has 0 aromatic carbocycles. The Morgan fingerprint density at radius 3 is 1.09 bits per heavy atom. The highest BCUT2D eigenvalue weighted by atomic mass is 16.5. The van der Waals surface area contributed by atoms with Crippen molar-refractivity contribution in [2.45, 2.75) is 233 Å². The van der Waals surface area contributed by atoms with E-state index in [0.717, 1.165) is 71.7 Å². The van der Waals surface area contributed by atoms with Crippen LogP contribution in [0.5, 0.6) is 11.5 Å². The summed E-state index contributed by atoms with van der Waals surface area (Å²) in [5.41, 5.74) is 5.61. The highest BCUT2D eigenvalue weighted by molar-refractivity contribution is 5.36. The molecule has 6 rings (SSSR count). The summed E-state index contributed by atoms with van der Waals surface area (Å²) in [6, 6.07) is 4.78. The summed E-state index contributed by atoms with van der Waals surface area (Å²) < 4.78 is 6.77. The number of nitrogens with zero attached hydrogens (tertiary/aromatic N) is 2. The molecular weight excluding hydrogens is 693 g/mol. The van der Waals surface area contributed by atoms with Gasteiger partial charge in [0.05, 0.1) is 12.4 Å². The van der Waals surface area contributed by atoms with E-state index in [1.165, 1.54) is 215 Å². The molecule has 3 nitrogen and oxygen atoms in total. The maximum Gasteiger partial charge on any atom is 0.146 e. The Bertz CT molecular complexity index is 1280. The number of ether oxygens (including phenoxy) is 1. The second kappa shape index (κ2) is 24.4. The van der Waals surface area contributed by atoms with Gasteiger partial charge in [-0.05, 0) is 186 Å². The average molecular weight is 781 g/mol. The molecular formula is C54H88N2O. The standard InChI is InChI=1S/C54H88N2O/c1-5-9-11-13-15-17-53-49(35-43-23-31-47(32-24-43)45-27-19-41(7-3)20-28-45)37-51(39-55-53)57-52-38-50(54(56-40-52)18-16-14-12-10-6-2)36-44-25-33-48(34-26-44)46-29-21-42(8-4)22-30-46/h37-48H,5-36H2,1-4H3. The summed E-state index contributed by atoms with van der Waals surface area (Å²) in [7, 11) is 0. The van der Waals surface area contributed by atoms with Gasteiger partial charge in [0.2, 0.25) is 0 Å². The lowest BCUT2D eigenvalue weighted by molar-refractivity contribution is 0.145. The molecule has 0 unspecified atom stereocenters. The van der Waals surface area contributed by atoms with Crippen LogP contribution in [0.1, 0.15) is 230 Å². The molecule has 3 heteroatoms. The zero-order chi connectivity index (χ0) is 39.7. The molecule has 2 aromatic heterocycles. The van der Waals surface area contributed by atoms with Gasteiger partial charge in [-0.2, -0.15) is 0 Å². The third-order valence-electron chi connectivity index (χ3n) is 16.4. The SMILES string of the molecule is CCCCCCCc1ncc(Oc2cnc(CCCCCCC)c(CC3CCC(C4CCC(CC)CC4)CC3)c2)cc1CC1CCC(C2CCC(CC)CC2)CC1. The Morgan fingerprint density at radius 1 is 0.421 bits per heavy atom. The van der Waals surface area contributed by atoms with Crippen molar-refractivity contribution in [1.29, 1.82) is 0 Å². The lowest BCUT2D eigenvalue weighted by Crippen LogP contribution is -2.26. The number of aryl methyl sites for hydroxylation is 2. The first-order valence-electron chi connectivity index (χ1n) is 25.7. The van der Waals surface area contributed by atoms with E-state index in [0.29, 0.717) is 0 Å². The van der Waals surface area contributed by atoms with Gasteiger partial charge < -0.3 is 4.74 Å². The zero-order valence-corrected chi connectivity index (χ0v) is 37.9. The normalized spacial score (nSPS) is 28.4. The fourth-order valence-corrected chi connectivity index (χ4v) is 12.4. The Kier molecular flexibility index (Phi) is 19.1. The maximum atomic E-state index is 6.77. The Balaban J connectivity index is 1.10. The lowest BCUT2D eigenvalue weighted by atomic mass is 9.68. The minimum atomic E-state index is 0.787. The molecule has 0 radical (unpaired) electrons. The summed E-state index contributed by atoms with van der Waals surface area (Å²) in [6.45, 7) is 9.42. The molecule has 0 aliphatic heterocycles. The molecule has 4 aliphatic rings. The first kappa shape index (κ1) is 44.6. The first-order chi connectivity index (χ1) is 28.0. The second-order valence-electron chi connectivity index (χ2n) is 20.3. The second-order valence-corrected chi connectivity index (χ2v) is 20.3. The van der Waals surface area contributed by atoms with Crippen molar-refractivity contribution in [3.8, 4) is 11.5 Å². The van der Waals surface area contributed by atoms with E-state index in [1.54, 1.807) is 0 Å². The highest BCUT2D eigenvalue weighted by Gasteiger charge is 2.32. The molecule has 2 heterocycles. The van der Waals surface area contributed by atoms with Gasteiger partial charge in [-0.3, -0.25) is 9.97 Å². The Labute approximate surface area is 352 Å². The van der Waals surface area contributed by atoms with Gasteiger partial charge in [-0.25, -0.2) is 0 Å². The number of unbranched alkanes of at least 4 members (excludes halogenated alkanes) is 8. The molecule has 0 atom stereocenters. The van der Waals surface area contributed by atoms with Crippen molar-refractivity contribution in [3.05, 3.63) is 47.0 Å². The minimum Gasteiger partial charge on any atom is -0.454 e. The Hall–Kier alpha value is -1.90. The molecule has 4 fully saturated rings. The van der Waals surface area contributed by atoms with Crippen molar-refractivity contribution in [1.82, 2.24) is 9.97 Å². The van der Waals surface area contributed by atoms with Gasteiger partial charge in [-0.15, -0.1) is 0 Å². The smallest absolute Gasteiger partial charge is 0.146 e. The van der Waals surface area contributed by atoms with Crippen LogP contribution in [0.15, 0.2) is 24.5 Å². The highest BCUT2D eigenvalue weighted by Crippen LogP contribution is 2.44. The fourth-order valence-electron chi connectivity index (χ4n) is 12.4. The monoisotopic (exact) mass is 781 g/mol. The summed E-state index contributed by atoms with van der Waals surface area (Å²) in [5, 5.41) is 0. The average Bonchev–Trinajstić information content (AvgIpc) is 3.25. The third-order valence-corrected chi connectivity index (χ3v) is 16.4. The van der Waals surface area contributed by atoms with Gasteiger partial charge in [0.25, 0.3) is 0 Å². The molecule has 2 aromatic rings. The van der Waals surface area contributed by atoms with E-state index in [9.17, 15) is 0 Å². The number of rotatable bonds is 22. The molecule has 4 saturated carbocycles. The van der Waals surface area contributed by atoms with Crippen LogP contribution in [-0.4, -0.2) is 9.97 Å². The van der Waals surface area contributed by atoms with E-state index in [1.807, 2.05) is 12.4 Å². The number of aromatic nitrogens is 2. The van der Waals surface area contributed by atoms with Gasteiger partial charge in [0.1, 0.15) is 11.5 Å². The summed E-state index contributed by atoms with van der Waals surface area (Å²) in [4.78, 5) is 10.3. The first-order valence-corrected chi connectivity index (χ1v) is 25.7. The molecule has 0 bridgehead atoms. The van der Waals surface area contributed by atoms with Gasteiger partial charge >= 0.3 is 0 Å². The predicted octanol–water partition coefficient (Wildman–Crippen LogP) is 16.4. The van der Waals surface area contributed by atoms with Gasteiger partial charge in [0, 0.05) is 11.4 Å². The van der Waals surface area contributed by atoms with Crippen LogP contribution in [0.2, 0.25) is 0 Å². The van der Waals surface area contributed by atoms with Gasteiger partial charge in [0.15, 0.2) is 0 Å². The van der Waals surface area contributed by atoms with Crippen molar-refractivity contribution in [2.75, 3.05) is 0 Å². The zero-order valence-electron chi connectivity index (χ0n) is 37.9. The van der Waals surface area contributed by atoms with Crippen LogP contribution in [0.3, 0.4) is 0 Å². The molecule has 4 aliphatic carbocycles. The summed E-state index contributed by atoms with van der Waals surface area (Å²) in [6.07, 6.45) is 47.9. The summed E-state index contributed by atoms with van der Waals surface area (Å²) >= 11 is 0. The van der Waals surface area contributed by atoms with Crippen LogP contribution < -0.4 is 4.74 Å². The quantitative estimate of drug-likeness (QED) is 0.112. The van der Waals surface area contributed by atoms with Crippen molar-refractivity contribution in [2.24, 2.45) is 47.3 Å². The molecule has 57 heavy (non-hydrogen) atoms. The van der Waals surface area contributed by atoms with E-state index in [4.69, 9.17) is 14.7 Å². The molecule has 0 saturated heterocycles.